The summed E-state index contributed by atoms with van der Waals surface area (Å²) in [7, 11) is 0. The molecular formula is C17H21N3O3. The Balaban J connectivity index is 1.82. The van der Waals surface area contributed by atoms with Crippen molar-refractivity contribution < 1.29 is 14.4 Å². The molecule has 0 aromatic heterocycles. The van der Waals surface area contributed by atoms with Gasteiger partial charge in [-0.3, -0.25) is 14.5 Å². The van der Waals surface area contributed by atoms with Crippen molar-refractivity contribution in [2.45, 2.75) is 31.7 Å². The first-order valence-corrected chi connectivity index (χ1v) is 8.06. The summed E-state index contributed by atoms with van der Waals surface area (Å²) in [5, 5.41) is 2.80. The van der Waals surface area contributed by atoms with Gasteiger partial charge < -0.3 is 10.2 Å². The fraction of sp³-hybridized carbons (Fsp3) is 0.471. The summed E-state index contributed by atoms with van der Waals surface area (Å²) in [6.07, 6.45) is 2.40. The Morgan fingerprint density at radius 3 is 2.43 bits per heavy atom. The Labute approximate surface area is 135 Å². The highest BCUT2D eigenvalue weighted by Crippen LogP contribution is 2.32. The minimum absolute atomic E-state index is 0.161. The monoisotopic (exact) mass is 315 g/mol. The maximum atomic E-state index is 12.9. The van der Waals surface area contributed by atoms with E-state index >= 15 is 0 Å². The molecule has 2 saturated heterocycles. The molecular weight excluding hydrogens is 294 g/mol. The van der Waals surface area contributed by atoms with Gasteiger partial charge in [-0.1, -0.05) is 37.3 Å². The molecule has 4 amide bonds. The van der Waals surface area contributed by atoms with Gasteiger partial charge in [0.2, 0.25) is 5.91 Å². The molecule has 0 radical (unpaired) electrons. The molecule has 1 aromatic rings. The van der Waals surface area contributed by atoms with Gasteiger partial charge in [-0.2, -0.15) is 0 Å². The van der Waals surface area contributed by atoms with E-state index in [0.717, 1.165) is 23.3 Å². The Morgan fingerprint density at radius 1 is 1.17 bits per heavy atom. The average molecular weight is 315 g/mol. The molecule has 3 rings (SSSR count). The minimum atomic E-state index is -1.07. The fourth-order valence-corrected chi connectivity index (χ4v) is 3.33. The lowest BCUT2D eigenvalue weighted by molar-refractivity contribution is -0.138. The van der Waals surface area contributed by atoms with E-state index in [4.69, 9.17) is 0 Å². The van der Waals surface area contributed by atoms with Gasteiger partial charge in [0, 0.05) is 13.1 Å². The maximum Gasteiger partial charge on any atom is 0.325 e. The van der Waals surface area contributed by atoms with Crippen LogP contribution in [-0.2, 0) is 15.1 Å². The molecule has 122 valence electrons. The van der Waals surface area contributed by atoms with Crippen molar-refractivity contribution >= 4 is 17.8 Å². The number of hydrogen-bond acceptors (Lipinski definition) is 3. The largest absolute Gasteiger partial charge is 0.341 e. The maximum absolute atomic E-state index is 12.9. The molecule has 2 fully saturated rings. The quantitative estimate of drug-likeness (QED) is 0.855. The first-order valence-electron chi connectivity index (χ1n) is 8.06. The zero-order valence-corrected chi connectivity index (χ0v) is 13.2. The number of carbonyl (C=O) groups is 3. The van der Waals surface area contributed by atoms with Gasteiger partial charge in [0.05, 0.1) is 0 Å². The van der Waals surface area contributed by atoms with Gasteiger partial charge in [-0.25, -0.2) is 4.79 Å². The van der Waals surface area contributed by atoms with E-state index < -0.39 is 11.6 Å². The molecule has 1 N–H and O–H groups in total. The summed E-state index contributed by atoms with van der Waals surface area (Å²) >= 11 is 0. The topological polar surface area (TPSA) is 69.7 Å². The molecule has 1 aromatic carbocycles. The molecule has 0 aliphatic carbocycles. The van der Waals surface area contributed by atoms with Crippen LogP contribution in [0.4, 0.5) is 4.79 Å². The number of nitrogens with one attached hydrogen (secondary N) is 1. The molecule has 2 heterocycles. The third-order valence-electron chi connectivity index (χ3n) is 4.72. The van der Waals surface area contributed by atoms with E-state index in [1.54, 1.807) is 4.90 Å². The van der Waals surface area contributed by atoms with Gasteiger partial charge in [-0.05, 0) is 24.8 Å². The first kappa shape index (κ1) is 15.5. The van der Waals surface area contributed by atoms with Crippen molar-refractivity contribution in [2.75, 3.05) is 19.6 Å². The van der Waals surface area contributed by atoms with E-state index in [1.807, 2.05) is 37.3 Å². The van der Waals surface area contributed by atoms with Crippen LogP contribution in [0.15, 0.2) is 30.3 Å². The van der Waals surface area contributed by atoms with Gasteiger partial charge >= 0.3 is 6.03 Å². The van der Waals surface area contributed by atoms with Crippen molar-refractivity contribution in [3.8, 4) is 0 Å². The van der Waals surface area contributed by atoms with Crippen LogP contribution in [0.1, 0.15) is 31.7 Å². The van der Waals surface area contributed by atoms with Gasteiger partial charge in [0.15, 0.2) is 0 Å². The van der Waals surface area contributed by atoms with Crippen LogP contribution in [0.3, 0.4) is 0 Å². The molecule has 0 unspecified atom stereocenters. The number of urea groups is 1. The summed E-state index contributed by atoms with van der Waals surface area (Å²) in [6, 6.07) is 8.70. The predicted molar refractivity (Wildman–Crippen MR) is 84.5 cm³/mol. The normalized spacial score (nSPS) is 24.2. The van der Waals surface area contributed by atoms with Crippen LogP contribution in [0, 0.1) is 0 Å². The number of imide groups is 1. The van der Waals surface area contributed by atoms with Crippen LogP contribution in [0.5, 0.6) is 0 Å². The number of likely N-dealkylation sites (tertiary alicyclic amines) is 1. The third kappa shape index (κ3) is 2.58. The summed E-state index contributed by atoms with van der Waals surface area (Å²) < 4.78 is 0. The Kier molecular flexibility index (Phi) is 4.07. The molecule has 0 bridgehead atoms. The lowest BCUT2D eigenvalue weighted by Gasteiger charge is -2.26. The molecule has 2 aliphatic heterocycles. The number of hydrogen-bond donors (Lipinski definition) is 1. The first-order chi connectivity index (χ1) is 11.1. The van der Waals surface area contributed by atoms with E-state index in [1.165, 1.54) is 0 Å². The zero-order chi connectivity index (χ0) is 16.4. The van der Waals surface area contributed by atoms with Gasteiger partial charge in [0.1, 0.15) is 12.1 Å². The van der Waals surface area contributed by atoms with E-state index in [-0.39, 0.29) is 18.4 Å². The van der Waals surface area contributed by atoms with Crippen molar-refractivity contribution in [2.24, 2.45) is 0 Å². The van der Waals surface area contributed by atoms with Crippen molar-refractivity contribution in [3.05, 3.63) is 35.9 Å². The molecule has 6 heteroatoms. The van der Waals surface area contributed by atoms with Crippen molar-refractivity contribution in [3.63, 3.8) is 0 Å². The lowest BCUT2D eigenvalue weighted by Crippen LogP contribution is -2.45. The average Bonchev–Trinajstić information content (AvgIpc) is 3.19. The highest BCUT2D eigenvalue weighted by molar-refractivity contribution is 6.09. The zero-order valence-electron chi connectivity index (χ0n) is 13.2. The Morgan fingerprint density at radius 2 is 1.83 bits per heavy atom. The van der Waals surface area contributed by atoms with Crippen LogP contribution < -0.4 is 5.32 Å². The highest BCUT2D eigenvalue weighted by Gasteiger charge is 2.51. The second-order valence-electron chi connectivity index (χ2n) is 6.03. The highest BCUT2D eigenvalue weighted by atomic mass is 16.2. The molecule has 2 aliphatic rings. The summed E-state index contributed by atoms with van der Waals surface area (Å²) in [5.41, 5.74) is -0.319. The molecule has 1 atom stereocenters. The standard InChI is InChI=1S/C17H21N3O3/c1-2-17(13-8-4-3-5-9-13)15(22)20(16(23)18-17)12-14(21)19-10-6-7-11-19/h3-5,8-9H,2,6-7,10-12H2,1H3,(H,18,23)/t17-/m1/s1. The lowest BCUT2D eigenvalue weighted by atomic mass is 9.87. The number of nitrogens with zero attached hydrogens (tertiary/aromatic N) is 2. The number of amides is 4. The molecule has 0 spiro atoms. The number of rotatable bonds is 4. The Hall–Kier alpha value is -2.37. The molecule has 6 nitrogen and oxygen atoms in total. The summed E-state index contributed by atoms with van der Waals surface area (Å²) in [6.45, 7) is 3.09. The Bertz CT molecular complexity index is 625. The van der Waals surface area contributed by atoms with Crippen LogP contribution in [0.25, 0.3) is 0 Å². The predicted octanol–water partition coefficient (Wildman–Crippen LogP) is 1.47. The van der Waals surface area contributed by atoms with Crippen LogP contribution in [0.2, 0.25) is 0 Å². The third-order valence-corrected chi connectivity index (χ3v) is 4.72. The SMILES string of the molecule is CC[C@]1(c2ccccc2)NC(=O)N(CC(=O)N2CCCC2)C1=O. The molecule has 23 heavy (non-hydrogen) atoms. The van der Waals surface area contributed by atoms with Crippen molar-refractivity contribution in [1.29, 1.82) is 0 Å². The van der Waals surface area contributed by atoms with E-state index in [9.17, 15) is 14.4 Å². The van der Waals surface area contributed by atoms with Crippen LogP contribution in [-0.4, -0.2) is 47.3 Å². The van der Waals surface area contributed by atoms with Gasteiger partial charge in [-0.15, -0.1) is 0 Å². The van der Waals surface area contributed by atoms with E-state index in [2.05, 4.69) is 5.32 Å². The fourth-order valence-electron chi connectivity index (χ4n) is 3.33. The molecule has 0 saturated carbocycles. The number of benzene rings is 1. The van der Waals surface area contributed by atoms with Crippen LogP contribution >= 0.6 is 0 Å². The number of carbonyl (C=O) groups excluding carboxylic acids is 3. The van der Waals surface area contributed by atoms with E-state index in [0.29, 0.717) is 19.5 Å². The summed E-state index contributed by atoms with van der Waals surface area (Å²) in [4.78, 5) is 40.2. The summed E-state index contributed by atoms with van der Waals surface area (Å²) in [5.74, 6) is -0.505. The van der Waals surface area contributed by atoms with Gasteiger partial charge in [0.25, 0.3) is 5.91 Å². The van der Waals surface area contributed by atoms with Crippen molar-refractivity contribution in [1.82, 2.24) is 15.1 Å². The minimum Gasteiger partial charge on any atom is -0.341 e. The second kappa shape index (κ2) is 6.02. The smallest absolute Gasteiger partial charge is 0.325 e. The second-order valence-corrected chi connectivity index (χ2v) is 6.03.